The fraction of sp³-hybridized carbons (Fsp3) is 0.857. The molecular formula is C14H27N3O2. The zero-order valence-electron chi connectivity index (χ0n) is 12.5. The van der Waals surface area contributed by atoms with Gasteiger partial charge in [0.25, 0.3) is 0 Å². The molecule has 5 nitrogen and oxygen atoms in total. The highest BCUT2D eigenvalue weighted by Crippen LogP contribution is 2.21. The Labute approximate surface area is 115 Å². The van der Waals surface area contributed by atoms with Gasteiger partial charge in [0.15, 0.2) is 0 Å². The van der Waals surface area contributed by atoms with Crippen LogP contribution in [-0.4, -0.2) is 42.4 Å². The lowest BCUT2D eigenvalue weighted by atomic mass is 9.87. The monoisotopic (exact) mass is 269 g/mol. The van der Waals surface area contributed by atoms with Gasteiger partial charge in [-0.15, -0.1) is 0 Å². The molecule has 0 radical (unpaired) electrons. The Morgan fingerprint density at radius 3 is 2.42 bits per heavy atom. The molecule has 1 saturated carbocycles. The molecule has 0 aliphatic heterocycles. The van der Waals surface area contributed by atoms with Crippen LogP contribution in [0.3, 0.4) is 0 Å². The molecule has 0 spiro atoms. The van der Waals surface area contributed by atoms with E-state index in [1.807, 2.05) is 0 Å². The fourth-order valence-corrected chi connectivity index (χ4v) is 2.04. The van der Waals surface area contributed by atoms with Crippen molar-refractivity contribution in [2.24, 2.45) is 11.1 Å². The van der Waals surface area contributed by atoms with E-state index in [0.717, 1.165) is 19.3 Å². The first-order valence-electron chi connectivity index (χ1n) is 6.96. The number of hydrogen-bond acceptors (Lipinski definition) is 3. The summed E-state index contributed by atoms with van der Waals surface area (Å²) in [5.74, 6) is -0.148. The summed E-state index contributed by atoms with van der Waals surface area (Å²) in [6, 6.07) is 0.181. The molecule has 1 unspecified atom stereocenters. The maximum atomic E-state index is 11.9. The molecule has 3 N–H and O–H groups in total. The number of rotatable bonds is 6. The van der Waals surface area contributed by atoms with Gasteiger partial charge in [0.1, 0.15) is 0 Å². The van der Waals surface area contributed by atoms with E-state index in [0.29, 0.717) is 12.5 Å². The normalized spacial score (nSPS) is 16.9. The summed E-state index contributed by atoms with van der Waals surface area (Å²) in [5.41, 5.74) is 6.08. The topological polar surface area (TPSA) is 75.4 Å². The fourth-order valence-electron chi connectivity index (χ4n) is 2.04. The molecule has 1 fully saturated rings. The summed E-state index contributed by atoms with van der Waals surface area (Å²) in [4.78, 5) is 25.0. The number of carbonyl (C=O) groups is 2. The summed E-state index contributed by atoms with van der Waals surface area (Å²) in [6.45, 7) is 6.43. The second kappa shape index (κ2) is 6.37. The lowest BCUT2D eigenvalue weighted by Crippen LogP contribution is -2.41. The lowest BCUT2D eigenvalue weighted by Gasteiger charge is -2.24. The molecule has 110 valence electrons. The first-order valence-corrected chi connectivity index (χ1v) is 6.96. The van der Waals surface area contributed by atoms with Gasteiger partial charge >= 0.3 is 0 Å². The highest BCUT2D eigenvalue weighted by molar-refractivity contribution is 5.85. The van der Waals surface area contributed by atoms with Gasteiger partial charge in [0.2, 0.25) is 11.8 Å². The van der Waals surface area contributed by atoms with Crippen LogP contribution in [0, 0.1) is 5.41 Å². The van der Waals surface area contributed by atoms with E-state index in [1.165, 1.54) is 4.90 Å². The van der Waals surface area contributed by atoms with Crippen LogP contribution in [0.4, 0.5) is 0 Å². The molecule has 19 heavy (non-hydrogen) atoms. The Hall–Kier alpha value is -1.10. The van der Waals surface area contributed by atoms with Gasteiger partial charge in [-0.25, -0.2) is 0 Å². The van der Waals surface area contributed by atoms with Gasteiger partial charge in [-0.3, -0.25) is 9.59 Å². The molecule has 0 aromatic heterocycles. The van der Waals surface area contributed by atoms with Crippen molar-refractivity contribution in [3.8, 4) is 0 Å². The van der Waals surface area contributed by atoms with E-state index >= 15 is 0 Å². The maximum Gasteiger partial charge on any atom is 0.239 e. The van der Waals surface area contributed by atoms with Crippen LogP contribution in [0.25, 0.3) is 0 Å². The Balaban J connectivity index is 2.28. The van der Waals surface area contributed by atoms with Gasteiger partial charge in [-0.05, 0) is 24.7 Å². The van der Waals surface area contributed by atoms with Crippen molar-refractivity contribution in [3.05, 3.63) is 0 Å². The minimum Gasteiger partial charge on any atom is -0.352 e. The predicted octanol–water partition coefficient (Wildman–Crippen LogP) is 0.877. The summed E-state index contributed by atoms with van der Waals surface area (Å²) in [7, 11) is 1.65. The largest absolute Gasteiger partial charge is 0.352 e. The smallest absolute Gasteiger partial charge is 0.239 e. The third-order valence-corrected chi connectivity index (χ3v) is 3.06. The SMILES string of the molecule is CN(CC(=O)NC1CC1)C(=O)CC(N)CC(C)(C)C. The van der Waals surface area contributed by atoms with Crippen LogP contribution in [0.2, 0.25) is 0 Å². The van der Waals surface area contributed by atoms with E-state index in [4.69, 9.17) is 5.73 Å². The second-order valence-electron chi connectivity index (χ2n) is 6.82. The highest BCUT2D eigenvalue weighted by atomic mass is 16.2. The molecule has 0 heterocycles. The van der Waals surface area contributed by atoms with Gasteiger partial charge in [-0.1, -0.05) is 20.8 Å². The molecule has 0 aromatic rings. The number of hydrogen-bond donors (Lipinski definition) is 2. The van der Waals surface area contributed by atoms with Crippen LogP contribution in [0.5, 0.6) is 0 Å². The molecule has 1 atom stereocenters. The minimum atomic E-state index is -0.151. The van der Waals surface area contributed by atoms with E-state index in [9.17, 15) is 9.59 Å². The van der Waals surface area contributed by atoms with Crippen molar-refractivity contribution in [2.45, 2.75) is 58.5 Å². The molecular weight excluding hydrogens is 242 g/mol. The minimum absolute atomic E-state index is 0.0669. The maximum absolute atomic E-state index is 11.9. The standard InChI is InChI=1S/C14H27N3O2/c1-14(2,3)8-10(15)7-13(19)17(4)9-12(18)16-11-5-6-11/h10-11H,5-9,15H2,1-4H3,(H,16,18). The van der Waals surface area contributed by atoms with E-state index in [-0.39, 0.29) is 29.8 Å². The Morgan fingerprint density at radius 2 is 1.95 bits per heavy atom. The number of likely N-dealkylation sites (N-methyl/N-ethyl adjacent to an activating group) is 1. The van der Waals surface area contributed by atoms with Crippen LogP contribution in [-0.2, 0) is 9.59 Å². The summed E-state index contributed by atoms with van der Waals surface area (Å²) < 4.78 is 0. The van der Waals surface area contributed by atoms with Crippen molar-refractivity contribution in [2.75, 3.05) is 13.6 Å². The molecule has 2 amide bonds. The van der Waals surface area contributed by atoms with Gasteiger partial charge in [-0.2, -0.15) is 0 Å². The third-order valence-electron chi connectivity index (χ3n) is 3.06. The third kappa shape index (κ3) is 7.15. The van der Waals surface area contributed by atoms with Crippen molar-refractivity contribution in [1.82, 2.24) is 10.2 Å². The second-order valence-corrected chi connectivity index (χ2v) is 6.82. The number of amides is 2. The number of nitrogens with zero attached hydrogens (tertiary/aromatic N) is 1. The van der Waals surface area contributed by atoms with Crippen LogP contribution in [0.15, 0.2) is 0 Å². The van der Waals surface area contributed by atoms with E-state index in [1.54, 1.807) is 7.05 Å². The average Bonchev–Trinajstić information content (AvgIpc) is 2.97. The Bertz CT molecular complexity index is 332. The van der Waals surface area contributed by atoms with Crippen LogP contribution in [0.1, 0.15) is 46.5 Å². The predicted molar refractivity (Wildman–Crippen MR) is 75.5 cm³/mol. The number of nitrogens with one attached hydrogen (secondary N) is 1. The van der Waals surface area contributed by atoms with Crippen LogP contribution < -0.4 is 11.1 Å². The lowest BCUT2D eigenvalue weighted by molar-refractivity contribution is -0.135. The first kappa shape index (κ1) is 16.0. The number of nitrogens with two attached hydrogens (primary N) is 1. The zero-order chi connectivity index (χ0) is 14.6. The van der Waals surface area contributed by atoms with Crippen molar-refractivity contribution in [3.63, 3.8) is 0 Å². The average molecular weight is 269 g/mol. The van der Waals surface area contributed by atoms with E-state index in [2.05, 4.69) is 26.1 Å². The molecule has 0 aromatic carbocycles. The first-order chi connectivity index (χ1) is 8.67. The summed E-state index contributed by atoms with van der Waals surface area (Å²) in [5, 5.41) is 2.87. The quantitative estimate of drug-likeness (QED) is 0.751. The van der Waals surface area contributed by atoms with Crippen molar-refractivity contribution < 1.29 is 9.59 Å². The molecule has 1 aliphatic carbocycles. The summed E-state index contributed by atoms with van der Waals surface area (Å²) in [6.07, 6.45) is 3.20. The molecule has 5 heteroatoms. The van der Waals surface area contributed by atoms with Gasteiger partial charge in [0.05, 0.1) is 6.54 Å². The Kier molecular flexibility index (Phi) is 5.35. The zero-order valence-corrected chi connectivity index (χ0v) is 12.5. The van der Waals surface area contributed by atoms with Crippen molar-refractivity contribution in [1.29, 1.82) is 0 Å². The molecule has 1 aliphatic rings. The Morgan fingerprint density at radius 1 is 1.37 bits per heavy atom. The summed E-state index contributed by atoms with van der Waals surface area (Å²) >= 11 is 0. The molecule has 0 saturated heterocycles. The highest BCUT2D eigenvalue weighted by Gasteiger charge is 2.25. The van der Waals surface area contributed by atoms with Crippen molar-refractivity contribution >= 4 is 11.8 Å². The van der Waals surface area contributed by atoms with Gasteiger partial charge in [0, 0.05) is 25.6 Å². The molecule has 1 rings (SSSR count). The van der Waals surface area contributed by atoms with Gasteiger partial charge < -0.3 is 16.0 Å². The number of carbonyl (C=O) groups excluding carboxylic acids is 2. The van der Waals surface area contributed by atoms with E-state index < -0.39 is 0 Å². The van der Waals surface area contributed by atoms with Crippen LogP contribution >= 0.6 is 0 Å². The molecule has 0 bridgehead atoms.